The number of ether oxygens (including phenoxy) is 1. The van der Waals surface area contributed by atoms with E-state index in [0.717, 1.165) is 12.3 Å². The molecule has 1 aliphatic rings. The quantitative estimate of drug-likeness (QED) is 0.763. The van der Waals surface area contributed by atoms with E-state index >= 15 is 0 Å². The summed E-state index contributed by atoms with van der Waals surface area (Å²) in [6.45, 7) is 0.816. The van der Waals surface area contributed by atoms with Gasteiger partial charge in [-0.05, 0) is 42.5 Å². The van der Waals surface area contributed by atoms with Crippen molar-refractivity contribution >= 4 is 0 Å². The summed E-state index contributed by atoms with van der Waals surface area (Å²) < 4.78 is 5.10. The maximum Gasteiger partial charge on any atom is 0.118 e. The van der Waals surface area contributed by atoms with Gasteiger partial charge in [-0.2, -0.15) is 0 Å². The minimum absolute atomic E-state index is 0.705. The van der Waals surface area contributed by atoms with E-state index in [1.165, 1.54) is 12.0 Å². The van der Waals surface area contributed by atoms with Gasteiger partial charge < -0.3 is 10.5 Å². The molecule has 0 aliphatic heterocycles. The minimum atomic E-state index is 0.705. The first-order chi connectivity index (χ1) is 6.35. The van der Waals surface area contributed by atoms with E-state index in [9.17, 15) is 0 Å². The van der Waals surface area contributed by atoms with Crippen LogP contribution in [0.5, 0.6) is 5.75 Å². The highest BCUT2D eigenvalue weighted by Gasteiger charge is 2.36. The normalized spacial score (nSPS) is 25.7. The molecule has 2 nitrogen and oxygen atoms in total. The topological polar surface area (TPSA) is 35.2 Å². The zero-order chi connectivity index (χ0) is 9.26. The summed E-state index contributed by atoms with van der Waals surface area (Å²) in [5.41, 5.74) is 6.99. The highest BCUT2D eigenvalue weighted by Crippen LogP contribution is 2.46. The molecule has 2 atom stereocenters. The smallest absolute Gasteiger partial charge is 0.118 e. The van der Waals surface area contributed by atoms with Gasteiger partial charge in [-0.1, -0.05) is 12.1 Å². The molecule has 0 spiro atoms. The van der Waals surface area contributed by atoms with E-state index in [4.69, 9.17) is 10.5 Å². The Balaban J connectivity index is 2.07. The molecule has 2 heteroatoms. The lowest BCUT2D eigenvalue weighted by atomic mass is 10.1. The Bertz CT molecular complexity index is 281. The van der Waals surface area contributed by atoms with E-state index in [1.54, 1.807) is 7.11 Å². The molecular formula is C11H15NO. The van der Waals surface area contributed by atoms with Crippen LogP contribution < -0.4 is 10.5 Å². The van der Waals surface area contributed by atoms with E-state index in [2.05, 4.69) is 12.1 Å². The summed E-state index contributed by atoms with van der Waals surface area (Å²) >= 11 is 0. The van der Waals surface area contributed by atoms with Crippen LogP contribution in [-0.4, -0.2) is 13.7 Å². The lowest BCUT2D eigenvalue weighted by Crippen LogP contribution is -2.01. The fourth-order valence-corrected chi connectivity index (χ4v) is 1.77. The maximum atomic E-state index is 5.59. The average molecular weight is 177 g/mol. The van der Waals surface area contributed by atoms with Crippen LogP contribution in [0.4, 0.5) is 0 Å². The van der Waals surface area contributed by atoms with E-state index in [-0.39, 0.29) is 0 Å². The van der Waals surface area contributed by atoms with Crippen molar-refractivity contribution < 1.29 is 4.74 Å². The van der Waals surface area contributed by atoms with Crippen LogP contribution in [0, 0.1) is 5.92 Å². The van der Waals surface area contributed by atoms with Gasteiger partial charge in [0.05, 0.1) is 7.11 Å². The summed E-state index contributed by atoms with van der Waals surface area (Å²) in [7, 11) is 1.69. The average Bonchev–Trinajstić information content (AvgIpc) is 2.97. The van der Waals surface area contributed by atoms with Gasteiger partial charge in [0.1, 0.15) is 5.75 Å². The van der Waals surface area contributed by atoms with Gasteiger partial charge in [0.25, 0.3) is 0 Å². The molecule has 0 radical (unpaired) electrons. The van der Waals surface area contributed by atoms with Gasteiger partial charge in [0, 0.05) is 0 Å². The lowest BCUT2D eigenvalue weighted by molar-refractivity contribution is 0.414. The number of rotatable bonds is 3. The van der Waals surface area contributed by atoms with E-state index < -0.39 is 0 Å². The summed E-state index contributed by atoms with van der Waals surface area (Å²) in [6, 6.07) is 8.31. The van der Waals surface area contributed by atoms with Gasteiger partial charge in [0.2, 0.25) is 0 Å². The van der Waals surface area contributed by atoms with Gasteiger partial charge in [-0.25, -0.2) is 0 Å². The van der Waals surface area contributed by atoms with Crippen molar-refractivity contribution in [3.63, 3.8) is 0 Å². The van der Waals surface area contributed by atoms with Gasteiger partial charge >= 0.3 is 0 Å². The summed E-state index contributed by atoms with van der Waals surface area (Å²) in [5.74, 6) is 2.35. The lowest BCUT2D eigenvalue weighted by Gasteiger charge is -2.01. The van der Waals surface area contributed by atoms with E-state index in [1.807, 2.05) is 12.1 Å². The van der Waals surface area contributed by atoms with Gasteiger partial charge in [-0.3, -0.25) is 0 Å². The highest BCUT2D eigenvalue weighted by molar-refractivity contribution is 5.32. The molecule has 0 unspecified atom stereocenters. The van der Waals surface area contributed by atoms with Crippen LogP contribution in [0.25, 0.3) is 0 Å². The monoisotopic (exact) mass is 177 g/mol. The second-order valence-electron chi connectivity index (χ2n) is 3.61. The fourth-order valence-electron chi connectivity index (χ4n) is 1.77. The Morgan fingerprint density at radius 3 is 2.54 bits per heavy atom. The van der Waals surface area contributed by atoms with Crippen LogP contribution in [0.15, 0.2) is 24.3 Å². The molecule has 0 heterocycles. The van der Waals surface area contributed by atoms with Crippen LogP contribution in [-0.2, 0) is 0 Å². The van der Waals surface area contributed by atoms with Gasteiger partial charge in [0.15, 0.2) is 0 Å². The highest BCUT2D eigenvalue weighted by atomic mass is 16.5. The third kappa shape index (κ3) is 1.68. The Morgan fingerprint density at radius 1 is 1.38 bits per heavy atom. The largest absolute Gasteiger partial charge is 0.497 e. The van der Waals surface area contributed by atoms with Crippen molar-refractivity contribution in [2.45, 2.75) is 12.3 Å². The number of nitrogens with two attached hydrogens (primary N) is 1. The number of hydrogen-bond donors (Lipinski definition) is 1. The second kappa shape index (κ2) is 3.38. The molecule has 2 N–H and O–H groups in total. The van der Waals surface area contributed by atoms with Crippen LogP contribution in [0.3, 0.4) is 0 Å². The van der Waals surface area contributed by atoms with Crippen molar-refractivity contribution in [1.29, 1.82) is 0 Å². The third-order valence-corrected chi connectivity index (χ3v) is 2.77. The maximum absolute atomic E-state index is 5.59. The molecule has 1 aliphatic carbocycles. The fraction of sp³-hybridized carbons (Fsp3) is 0.455. The van der Waals surface area contributed by atoms with Crippen molar-refractivity contribution in [2.24, 2.45) is 11.7 Å². The molecule has 0 bridgehead atoms. The summed E-state index contributed by atoms with van der Waals surface area (Å²) in [5, 5.41) is 0. The minimum Gasteiger partial charge on any atom is -0.497 e. The molecule has 0 saturated heterocycles. The van der Waals surface area contributed by atoms with Crippen LogP contribution in [0.2, 0.25) is 0 Å². The predicted molar refractivity (Wildman–Crippen MR) is 52.9 cm³/mol. The van der Waals surface area contributed by atoms with Crippen molar-refractivity contribution in [3.8, 4) is 5.75 Å². The molecular weight excluding hydrogens is 162 g/mol. The first-order valence-electron chi connectivity index (χ1n) is 4.69. The first-order valence-corrected chi connectivity index (χ1v) is 4.69. The molecule has 1 aromatic rings. The van der Waals surface area contributed by atoms with Crippen molar-refractivity contribution in [3.05, 3.63) is 29.8 Å². The molecule has 0 amide bonds. The zero-order valence-electron chi connectivity index (χ0n) is 7.86. The summed E-state index contributed by atoms with van der Waals surface area (Å²) in [4.78, 5) is 0. The molecule has 0 aromatic heterocycles. The second-order valence-corrected chi connectivity index (χ2v) is 3.61. The molecule has 2 rings (SSSR count). The Morgan fingerprint density at radius 2 is 2.08 bits per heavy atom. The van der Waals surface area contributed by atoms with Crippen LogP contribution in [0.1, 0.15) is 17.9 Å². The van der Waals surface area contributed by atoms with Crippen LogP contribution >= 0.6 is 0 Å². The molecule has 70 valence electrons. The Kier molecular flexibility index (Phi) is 2.23. The number of benzene rings is 1. The first kappa shape index (κ1) is 8.57. The molecule has 1 fully saturated rings. The molecule has 13 heavy (non-hydrogen) atoms. The SMILES string of the molecule is COc1ccc([C@@H]2C[C@@H]2CN)cc1. The van der Waals surface area contributed by atoms with E-state index in [0.29, 0.717) is 11.8 Å². The Hall–Kier alpha value is -1.02. The van der Waals surface area contributed by atoms with Crippen molar-refractivity contribution in [1.82, 2.24) is 0 Å². The standard InChI is InChI=1S/C11H15NO/c1-13-10-4-2-8(3-5-10)11-6-9(11)7-12/h2-5,9,11H,6-7,12H2,1H3/t9-,11+/m1/s1. The predicted octanol–water partition coefficient (Wildman–Crippen LogP) is 1.76. The Labute approximate surface area is 78.7 Å². The summed E-state index contributed by atoms with van der Waals surface area (Å²) in [6.07, 6.45) is 1.25. The molecule has 1 aromatic carbocycles. The van der Waals surface area contributed by atoms with Gasteiger partial charge in [-0.15, -0.1) is 0 Å². The van der Waals surface area contributed by atoms with Crippen molar-refractivity contribution in [2.75, 3.05) is 13.7 Å². The third-order valence-electron chi connectivity index (χ3n) is 2.77. The molecule has 1 saturated carbocycles. The zero-order valence-corrected chi connectivity index (χ0v) is 7.86. The number of methoxy groups -OCH3 is 1. The number of hydrogen-bond acceptors (Lipinski definition) is 2.